The number of aromatic nitrogens is 2. The van der Waals surface area contributed by atoms with Gasteiger partial charge in [-0.3, -0.25) is 9.36 Å². The number of aryl methyl sites for hydroxylation is 1. The molecule has 3 aromatic carbocycles. The first-order chi connectivity index (χ1) is 15.8. The van der Waals surface area contributed by atoms with Crippen molar-refractivity contribution in [3.8, 4) is 0 Å². The van der Waals surface area contributed by atoms with Crippen LogP contribution in [0.4, 0.5) is 14.5 Å². The summed E-state index contributed by atoms with van der Waals surface area (Å²) in [7, 11) is 1.78. The van der Waals surface area contributed by atoms with E-state index in [0.717, 1.165) is 16.8 Å². The van der Waals surface area contributed by atoms with Crippen molar-refractivity contribution in [2.75, 3.05) is 18.5 Å². The summed E-state index contributed by atoms with van der Waals surface area (Å²) in [5, 5.41) is 0.476. The fourth-order valence-corrected chi connectivity index (χ4v) is 4.50. The van der Waals surface area contributed by atoms with E-state index in [9.17, 15) is 13.6 Å². The maximum absolute atomic E-state index is 13.8. The molecule has 4 aromatic rings. The molecular formula is C27H25F2N3O. The highest BCUT2D eigenvalue weighted by molar-refractivity contribution is 5.82. The molecule has 4 nitrogen and oxygen atoms in total. The van der Waals surface area contributed by atoms with Gasteiger partial charge in [0, 0.05) is 31.6 Å². The second-order valence-electron chi connectivity index (χ2n) is 8.80. The summed E-state index contributed by atoms with van der Waals surface area (Å²) in [5.41, 5.74) is 3.15. The first-order valence-corrected chi connectivity index (χ1v) is 11.1. The molecule has 1 aliphatic rings. The lowest BCUT2D eigenvalue weighted by Crippen LogP contribution is -2.30. The number of anilines is 1. The third kappa shape index (κ3) is 4.01. The largest absolute Gasteiger partial charge is 0.374 e. The zero-order valence-corrected chi connectivity index (χ0v) is 18.6. The van der Waals surface area contributed by atoms with Crippen LogP contribution in [0.3, 0.4) is 0 Å². The van der Waals surface area contributed by atoms with Crippen molar-refractivity contribution >= 4 is 16.6 Å². The quantitative estimate of drug-likeness (QED) is 0.397. The third-order valence-electron chi connectivity index (χ3n) is 6.44. The molecule has 6 heteroatoms. The Labute approximate surface area is 191 Å². The Morgan fingerprint density at radius 3 is 2.15 bits per heavy atom. The Morgan fingerprint density at radius 1 is 1.03 bits per heavy atom. The van der Waals surface area contributed by atoms with Gasteiger partial charge >= 0.3 is 0 Å². The van der Waals surface area contributed by atoms with Crippen LogP contribution in [-0.4, -0.2) is 29.1 Å². The summed E-state index contributed by atoms with van der Waals surface area (Å²) < 4.78 is 28.5. The van der Waals surface area contributed by atoms with Gasteiger partial charge in [0.1, 0.15) is 5.82 Å². The van der Waals surface area contributed by atoms with E-state index in [1.165, 1.54) is 0 Å². The van der Waals surface area contributed by atoms with Crippen LogP contribution in [-0.2, 0) is 0 Å². The Balaban J connectivity index is 1.63. The first kappa shape index (κ1) is 21.3. The highest BCUT2D eigenvalue weighted by atomic mass is 19.3. The topological polar surface area (TPSA) is 38.1 Å². The fourth-order valence-electron chi connectivity index (χ4n) is 4.50. The highest BCUT2D eigenvalue weighted by Gasteiger charge is 2.56. The lowest BCUT2D eigenvalue weighted by Gasteiger charge is -2.24. The number of rotatable bonds is 6. The molecule has 1 unspecified atom stereocenters. The monoisotopic (exact) mass is 445 g/mol. The highest BCUT2D eigenvalue weighted by Crippen LogP contribution is 2.49. The number of fused-ring (bicyclic) bond motifs is 1. The minimum atomic E-state index is -2.57. The molecule has 0 bridgehead atoms. The maximum atomic E-state index is 13.8. The minimum absolute atomic E-state index is 0.0751. The Morgan fingerprint density at radius 2 is 1.61 bits per heavy atom. The van der Waals surface area contributed by atoms with Gasteiger partial charge in [0.25, 0.3) is 11.5 Å². The van der Waals surface area contributed by atoms with Crippen LogP contribution < -0.4 is 10.5 Å². The summed E-state index contributed by atoms with van der Waals surface area (Å²) in [4.78, 5) is 20.4. The molecule has 0 spiro atoms. The van der Waals surface area contributed by atoms with Crippen LogP contribution in [0.2, 0.25) is 0 Å². The third-order valence-corrected chi connectivity index (χ3v) is 6.44. The van der Waals surface area contributed by atoms with E-state index in [1.54, 1.807) is 28.6 Å². The van der Waals surface area contributed by atoms with Gasteiger partial charge in [0.2, 0.25) is 0 Å². The second kappa shape index (κ2) is 8.10. The van der Waals surface area contributed by atoms with Crippen molar-refractivity contribution in [3.05, 3.63) is 106 Å². The molecule has 0 radical (unpaired) electrons. The van der Waals surface area contributed by atoms with E-state index >= 15 is 0 Å². The molecule has 0 saturated heterocycles. The molecule has 168 valence electrons. The number of alkyl halides is 2. The van der Waals surface area contributed by atoms with Crippen LogP contribution in [0.25, 0.3) is 10.9 Å². The second-order valence-corrected chi connectivity index (χ2v) is 8.80. The van der Waals surface area contributed by atoms with E-state index in [2.05, 4.69) is 0 Å². The Kier molecular flexibility index (Phi) is 5.23. The zero-order valence-electron chi connectivity index (χ0n) is 18.6. The predicted molar refractivity (Wildman–Crippen MR) is 127 cm³/mol. The molecule has 1 atom stereocenters. The summed E-state index contributed by atoms with van der Waals surface area (Å²) in [6.45, 7) is 2.09. The summed E-state index contributed by atoms with van der Waals surface area (Å²) in [6, 6.07) is 24.8. The molecule has 33 heavy (non-hydrogen) atoms. The van der Waals surface area contributed by atoms with Gasteiger partial charge in [-0.1, -0.05) is 60.7 Å². The maximum Gasteiger partial charge on any atom is 0.262 e. The van der Waals surface area contributed by atoms with Crippen molar-refractivity contribution in [3.63, 3.8) is 0 Å². The Bertz CT molecular complexity index is 1310. The number of hydrogen-bond acceptors (Lipinski definition) is 3. The van der Waals surface area contributed by atoms with Gasteiger partial charge < -0.3 is 4.90 Å². The average molecular weight is 446 g/mol. The van der Waals surface area contributed by atoms with Gasteiger partial charge in [0.05, 0.1) is 16.9 Å². The fraction of sp³-hybridized carbons (Fsp3) is 0.259. The van der Waals surface area contributed by atoms with E-state index in [0.29, 0.717) is 16.7 Å². The van der Waals surface area contributed by atoms with E-state index < -0.39 is 11.8 Å². The van der Waals surface area contributed by atoms with Crippen molar-refractivity contribution in [1.29, 1.82) is 0 Å². The molecule has 1 saturated carbocycles. The number of hydrogen-bond donors (Lipinski definition) is 0. The zero-order chi connectivity index (χ0) is 23.2. The smallest absolute Gasteiger partial charge is 0.262 e. The summed E-state index contributed by atoms with van der Waals surface area (Å²) >= 11 is 0. The van der Waals surface area contributed by atoms with Crippen molar-refractivity contribution in [1.82, 2.24) is 9.55 Å². The molecule has 0 N–H and O–H groups in total. The normalized spacial score (nSPS) is 16.8. The number of nitrogens with zero attached hydrogens (tertiary/aromatic N) is 3. The van der Waals surface area contributed by atoms with E-state index in [-0.39, 0.29) is 24.6 Å². The number of benzene rings is 3. The summed E-state index contributed by atoms with van der Waals surface area (Å²) in [6.07, 6.45) is -0.0751. The van der Waals surface area contributed by atoms with Crippen molar-refractivity contribution < 1.29 is 8.78 Å². The van der Waals surface area contributed by atoms with Crippen LogP contribution >= 0.6 is 0 Å². The van der Waals surface area contributed by atoms with Crippen LogP contribution in [0.5, 0.6) is 0 Å². The van der Waals surface area contributed by atoms with Crippen LogP contribution in [0, 0.1) is 12.8 Å². The first-order valence-electron chi connectivity index (χ1n) is 11.1. The molecule has 1 aliphatic carbocycles. The van der Waals surface area contributed by atoms with Gasteiger partial charge in [-0.2, -0.15) is 0 Å². The average Bonchev–Trinajstić information content (AvgIpc) is 3.42. The van der Waals surface area contributed by atoms with E-state index in [4.69, 9.17) is 4.98 Å². The molecule has 0 amide bonds. The Hall–Kier alpha value is -3.54. The molecule has 1 aromatic heterocycles. The van der Waals surface area contributed by atoms with E-state index in [1.807, 2.05) is 73.7 Å². The van der Waals surface area contributed by atoms with Gasteiger partial charge in [-0.25, -0.2) is 13.8 Å². The SMILES string of the molecule is Cc1nc2ccc(N(C)CC3CC3(F)F)cc2c(=O)n1C(c1ccccc1)c1ccccc1. The molecule has 0 aliphatic heterocycles. The predicted octanol–water partition coefficient (Wildman–Crippen LogP) is 5.43. The van der Waals surface area contributed by atoms with Gasteiger partial charge in [0.15, 0.2) is 0 Å². The molecule has 5 rings (SSSR count). The number of halogens is 2. The lowest BCUT2D eigenvalue weighted by molar-refractivity contribution is 0.100. The lowest BCUT2D eigenvalue weighted by atomic mass is 9.98. The molecule has 1 heterocycles. The molecule has 1 fully saturated rings. The standard InChI is InChI=1S/C27H25F2N3O/c1-18-30-24-14-13-22(31(2)17-21-16-27(21,28)29)15-23(24)26(33)32(18)25(19-9-5-3-6-10-19)20-11-7-4-8-12-20/h3-15,21,25H,16-17H2,1-2H3. The van der Waals surface area contributed by atoms with Gasteiger partial charge in [-0.15, -0.1) is 0 Å². The van der Waals surface area contributed by atoms with Crippen LogP contribution in [0.15, 0.2) is 83.7 Å². The minimum Gasteiger partial charge on any atom is -0.374 e. The van der Waals surface area contributed by atoms with Crippen LogP contribution in [0.1, 0.15) is 29.4 Å². The van der Waals surface area contributed by atoms with Gasteiger partial charge in [-0.05, 0) is 36.2 Å². The van der Waals surface area contributed by atoms with Crippen molar-refractivity contribution in [2.24, 2.45) is 5.92 Å². The van der Waals surface area contributed by atoms with Crippen molar-refractivity contribution in [2.45, 2.75) is 25.3 Å². The summed E-state index contributed by atoms with van der Waals surface area (Å²) in [5.74, 6) is -2.59. The molecular weight excluding hydrogens is 420 g/mol.